The van der Waals surface area contributed by atoms with Crippen molar-refractivity contribution >= 4 is 56.4 Å². The first-order chi connectivity index (χ1) is 12.9. The molecule has 0 saturated carbocycles. The number of anilines is 1. The van der Waals surface area contributed by atoms with Crippen molar-refractivity contribution in [3.63, 3.8) is 0 Å². The number of nitrogens with one attached hydrogen (secondary N) is 2. The van der Waals surface area contributed by atoms with E-state index in [0.29, 0.717) is 21.2 Å². The first-order valence-corrected chi connectivity index (χ1v) is 10.2. The zero-order valence-corrected chi connectivity index (χ0v) is 17.5. The van der Waals surface area contributed by atoms with Crippen molar-refractivity contribution in [3.05, 3.63) is 85.5 Å². The minimum Gasteiger partial charge on any atom is -0.346 e. The molecule has 1 unspecified atom stereocenters. The van der Waals surface area contributed by atoms with E-state index in [1.807, 2.05) is 36.6 Å². The van der Waals surface area contributed by atoms with Crippen molar-refractivity contribution in [3.8, 4) is 0 Å². The summed E-state index contributed by atoms with van der Waals surface area (Å²) in [5.74, 6) is -0.502. The van der Waals surface area contributed by atoms with Crippen LogP contribution < -0.4 is 10.6 Å². The minimum absolute atomic E-state index is 0.171. The average molecular weight is 464 g/mol. The van der Waals surface area contributed by atoms with Gasteiger partial charge in [-0.3, -0.25) is 9.59 Å². The van der Waals surface area contributed by atoms with Gasteiger partial charge in [0.25, 0.3) is 11.8 Å². The molecule has 1 aromatic heterocycles. The quantitative estimate of drug-likeness (QED) is 0.494. The summed E-state index contributed by atoms with van der Waals surface area (Å²) in [5.41, 5.74) is 1.80. The Morgan fingerprint density at radius 1 is 1.07 bits per heavy atom. The van der Waals surface area contributed by atoms with E-state index in [1.54, 1.807) is 30.3 Å². The largest absolute Gasteiger partial charge is 0.346 e. The van der Waals surface area contributed by atoms with Gasteiger partial charge >= 0.3 is 0 Å². The highest BCUT2D eigenvalue weighted by Crippen LogP contribution is 2.25. The first kappa shape index (κ1) is 19.6. The summed E-state index contributed by atoms with van der Waals surface area (Å²) in [6.45, 7) is 1.91. The van der Waals surface area contributed by atoms with Gasteiger partial charge in [0, 0.05) is 10.0 Å². The van der Waals surface area contributed by atoms with Crippen molar-refractivity contribution in [2.75, 3.05) is 5.32 Å². The van der Waals surface area contributed by atoms with E-state index >= 15 is 0 Å². The van der Waals surface area contributed by atoms with Crippen LogP contribution in [0, 0.1) is 0 Å². The van der Waals surface area contributed by atoms with Crippen LogP contribution in [0.3, 0.4) is 0 Å². The molecular formula is C20H16BrClN2O2S. The Morgan fingerprint density at radius 3 is 2.59 bits per heavy atom. The molecule has 0 spiro atoms. The number of carbonyl (C=O) groups is 2. The van der Waals surface area contributed by atoms with Crippen molar-refractivity contribution in [2.24, 2.45) is 0 Å². The zero-order valence-electron chi connectivity index (χ0n) is 14.3. The van der Waals surface area contributed by atoms with Crippen LogP contribution >= 0.6 is 38.9 Å². The number of carbonyl (C=O) groups excluding carboxylic acids is 2. The van der Waals surface area contributed by atoms with Crippen LogP contribution in [0.1, 0.15) is 38.6 Å². The van der Waals surface area contributed by atoms with E-state index in [1.165, 1.54) is 11.3 Å². The predicted octanol–water partition coefficient (Wildman–Crippen LogP) is 5.91. The molecule has 0 radical (unpaired) electrons. The van der Waals surface area contributed by atoms with Crippen molar-refractivity contribution in [1.82, 2.24) is 5.32 Å². The second-order valence-corrected chi connectivity index (χ2v) is 8.15. The SMILES string of the molecule is CC(NC(=O)c1ccc(Cl)c(NC(=O)c2cccs2)c1)c1cccc(Br)c1. The standard InChI is InChI=1S/C20H16BrClN2O2S/c1-12(13-4-2-5-15(21)10-13)23-19(25)14-7-8-16(22)17(11-14)24-20(26)18-6-3-9-27-18/h2-12H,1H3,(H,23,25)(H,24,26). The van der Waals surface area contributed by atoms with Crippen LogP contribution in [0.15, 0.2) is 64.5 Å². The molecule has 1 heterocycles. The van der Waals surface area contributed by atoms with E-state index in [9.17, 15) is 9.59 Å². The van der Waals surface area contributed by atoms with Gasteiger partial charge in [-0.05, 0) is 54.3 Å². The van der Waals surface area contributed by atoms with Crippen LogP contribution in [-0.2, 0) is 0 Å². The van der Waals surface area contributed by atoms with E-state index < -0.39 is 0 Å². The maximum absolute atomic E-state index is 12.6. The Labute approximate surface area is 174 Å². The summed E-state index contributed by atoms with van der Waals surface area (Å²) in [7, 11) is 0. The summed E-state index contributed by atoms with van der Waals surface area (Å²) in [6.07, 6.45) is 0. The van der Waals surface area contributed by atoms with Crippen LogP contribution in [0.25, 0.3) is 0 Å². The molecule has 7 heteroatoms. The van der Waals surface area contributed by atoms with Crippen LogP contribution in [0.4, 0.5) is 5.69 Å². The second kappa shape index (κ2) is 8.69. The molecule has 2 aromatic carbocycles. The summed E-state index contributed by atoms with van der Waals surface area (Å²) >= 11 is 10.9. The van der Waals surface area contributed by atoms with Gasteiger partial charge in [0.05, 0.1) is 21.6 Å². The summed E-state index contributed by atoms with van der Waals surface area (Å²) in [6, 6.07) is 15.9. The molecule has 4 nitrogen and oxygen atoms in total. The van der Waals surface area contributed by atoms with Crippen molar-refractivity contribution in [1.29, 1.82) is 0 Å². The van der Waals surface area contributed by atoms with Crippen LogP contribution in [0.2, 0.25) is 5.02 Å². The molecule has 138 valence electrons. The lowest BCUT2D eigenvalue weighted by Crippen LogP contribution is -2.26. The zero-order chi connectivity index (χ0) is 19.4. The lowest BCUT2D eigenvalue weighted by Gasteiger charge is -2.15. The van der Waals surface area contributed by atoms with Crippen LogP contribution in [0.5, 0.6) is 0 Å². The third-order valence-corrected chi connectivity index (χ3v) is 5.61. The van der Waals surface area contributed by atoms with E-state index in [0.717, 1.165) is 10.0 Å². The average Bonchev–Trinajstić information content (AvgIpc) is 3.18. The molecule has 27 heavy (non-hydrogen) atoms. The second-order valence-electron chi connectivity index (χ2n) is 5.88. The molecule has 0 bridgehead atoms. The molecular weight excluding hydrogens is 448 g/mol. The third kappa shape index (κ3) is 4.97. The van der Waals surface area contributed by atoms with Gasteiger partial charge in [0.15, 0.2) is 0 Å². The Morgan fingerprint density at radius 2 is 1.89 bits per heavy atom. The Hall–Kier alpha value is -2.15. The number of benzene rings is 2. The number of thiophene rings is 1. The predicted molar refractivity (Wildman–Crippen MR) is 114 cm³/mol. The Balaban J connectivity index is 1.74. The number of rotatable bonds is 5. The van der Waals surface area contributed by atoms with Gasteiger partial charge in [0.2, 0.25) is 0 Å². The summed E-state index contributed by atoms with van der Waals surface area (Å²) < 4.78 is 0.950. The Bertz CT molecular complexity index is 976. The van der Waals surface area contributed by atoms with Gasteiger partial charge in [-0.2, -0.15) is 0 Å². The van der Waals surface area contributed by atoms with Crippen LogP contribution in [-0.4, -0.2) is 11.8 Å². The molecule has 0 aliphatic heterocycles. The number of amides is 2. The first-order valence-electron chi connectivity index (χ1n) is 8.15. The fourth-order valence-corrected chi connectivity index (χ4v) is 3.69. The lowest BCUT2D eigenvalue weighted by molar-refractivity contribution is 0.0938. The molecule has 0 aliphatic carbocycles. The van der Waals surface area contributed by atoms with Crippen molar-refractivity contribution < 1.29 is 9.59 Å². The third-order valence-electron chi connectivity index (χ3n) is 3.92. The maximum Gasteiger partial charge on any atom is 0.265 e. The minimum atomic E-state index is -0.257. The Kier molecular flexibility index (Phi) is 6.31. The molecule has 0 aliphatic rings. The molecule has 3 aromatic rings. The molecule has 2 amide bonds. The number of halogens is 2. The lowest BCUT2D eigenvalue weighted by atomic mass is 10.1. The normalized spacial score (nSPS) is 11.7. The van der Waals surface area contributed by atoms with Gasteiger partial charge in [0.1, 0.15) is 0 Å². The summed E-state index contributed by atoms with van der Waals surface area (Å²) in [4.78, 5) is 25.4. The van der Waals surface area contributed by atoms with Gasteiger partial charge < -0.3 is 10.6 Å². The van der Waals surface area contributed by atoms with Gasteiger partial charge in [-0.15, -0.1) is 11.3 Å². The molecule has 0 saturated heterocycles. The highest BCUT2D eigenvalue weighted by atomic mass is 79.9. The molecule has 3 rings (SSSR count). The maximum atomic E-state index is 12.6. The topological polar surface area (TPSA) is 58.2 Å². The van der Waals surface area contributed by atoms with E-state index in [4.69, 9.17) is 11.6 Å². The smallest absolute Gasteiger partial charge is 0.265 e. The van der Waals surface area contributed by atoms with Crippen molar-refractivity contribution in [2.45, 2.75) is 13.0 Å². The molecule has 0 fully saturated rings. The highest BCUT2D eigenvalue weighted by molar-refractivity contribution is 9.10. The monoisotopic (exact) mass is 462 g/mol. The van der Waals surface area contributed by atoms with Gasteiger partial charge in [-0.25, -0.2) is 0 Å². The number of hydrogen-bond acceptors (Lipinski definition) is 3. The van der Waals surface area contributed by atoms with E-state index in [-0.39, 0.29) is 17.9 Å². The number of hydrogen-bond donors (Lipinski definition) is 2. The van der Waals surface area contributed by atoms with Gasteiger partial charge in [-0.1, -0.05) is 45.7 Å². The molecule has 1 atom stereocenters. The fourth-order valence-electron chi connectivity index (χ4n) is 2.49. The molecule has 2 N–H and O–H groups in total. The fraction of sp³-hybridized carbons (Fsp3) is 0.100. The summed E-state index contributed by atoms with van der Waals surface area (Å²) in [5, 5.41) is 7.90. The highest BCUT2D eigenvalue weighted by Gasteiger charge is 2.15. The van der Waals surface area contributed by atoms with E-state index in [2.05, 4.69) is 26.6 Å².